The normalized spacial score (nSPS) is 16.1. The molecule has 1 fully saturated rings. The molecule has 1 aliphatic heterocycles. The molecule has 8 nitrogen and oxygen atoms in total. The highest BCUT2D eigenvalue weighted by molar-refractivity contribution is 7.89. The summed E-state index contributed by atoms with van der Waals surface area (Å²) in [6, 6.07) is 8.06. The van der Waals surface area contributed by atoms with Gasteiger partial charge in [-0.3, -0.25) is 4.79 Å². The van der Waals surface area contributed by atoms with Crippen LogP contribution in [0.2, 0.25) is 0 Å². The van der Waals surface area contributed by atoms with Gasteiger partial charge in [0.1, 0.15) is 18.0 Å². The van der Waals surface area contributed by atoms with Crippen LogP contribution in [0.1, 0.15) is 21.8 Å². The highest BCUT2D eigenvalue weighted by Gasteiger charge is 2.26. The molecular formula is C18H25N4O4S+. The highest BCUT2D eigenvalue weighted by Crippen LogP contribution is 2.15. The van der Waals surface area contributed by atoms with Gasteiger partial charge >= 0.3 is 0 Å². The van der Waals surface area contributed by atoms with E-state index in [1.54, 1.807) is 12.1 Å². The van der Waals surface area contributed by atoms with Gasteiger partial charge in [-0.05, 0) is 31.2 Å². The molecule has 1 N–H and O–H groups in total. The molecule has 3 rings (SSSR count). The second-order valence-corrected chi connectivity index (χ2v) is 9.11. The lowest BCUT2D eigenvalue weighted by molar-refractivity contribution is -0.917. The van der Waals surface area contributed by atoms with E-state index in [-0.39, 0.29) is 10.8 Å². The molecular weight excluding hydrogens is 368 g/mol. The van der Waals surface area contributed by atoms with Crippen LogP contribution in [0.25, 0.3) is 0 Å². The van der Waals surface area contributed by atoms with E-state index in [4.69, 9.17) is 4.52 Å². The van der Waals surface area contributed by atoms with E-state index < -0.39 is 10.0 Å². The number of carbonyl (C=O) groups excluding carboxylic acids is 1. The van der Waals surface area contributed by atoms with Crippen LogP contribution in [-0.2, 0) is 16.6 Å². The number of sulfonamides is 1. The third-order valence-electron chi connectivity index (χ3n) is 4.75. The van der Waals surface area contributed by atoms with Gasteiger partial charge in [0.15, 0.2) is 0 Å². The summed E-state index contributed by atoms with van der Waals surface area (Å²) in [5.74, 6) is 0.734. The van der Waals surface area contributed by atoms with Crippen LogP contribution in [0.5, 0.6) is 0 Å². The van der Waals surface area contributed by atoms with Gasteiger partial charge in [-0.15, -0.1) is 0 Å². The Morgan fingerprint density at radius 3 is 2.37 bits per heavy atom. The van der Waals surface area contributed by atoms with E-state index in [0.29, 0.717) is 18.7 Å². The topological polar surface area (TPSA) is 88.2 Å². The van der Waals surface area contributed by atoms with Crippen molar-refractivity contribution in [1.82, 2.24) is 14.4 Å². The van der Waals surface area contributed by atoms with Gasteiger partial charge in [-0.1, -0.05) is 5.16 Å². The number of aryl methyl sites for hydroxylation is 1. The molecule has 146 valence electrons. The number of aromatic nitrogens is 1. The summed E-state index contributed by atoms with van der Waals surface area (Å²) in [5.41, 5.74) is 1.43. The Balaban J connectivity index is 1.59. The number of rotatable bonds is 5. The number of amides is 1. The fraction of sp³-hybridized carbons (Fsp3) is 0.444. The van der Waals surface area contributed by atoms with Crippen molar-refractivity contribution in [3.8, 4) is 0 Å². The van der Waals surface area contributed by atoms with E-state index in [9.17, 15) is 13.2 Å². The lowest BCUT2D eigenvalue weighted by Crippen LogP contribution is -3.13. The van der Waals surface area contributed by atoms with E-state index in [2.05, 4.69) is 5.16 Å². The average Bonchev–Trinajstić information content (AvgIpc) is 3.06. The molecule has 1 aromatic heterocycles. The highest BCUT2D eigenvalue weighted by atomic mass is 32.2. The summed E-state index contributed by atoms with van der Waals surface area (Å²) in [5, 5.41) is 4.02. The smallest absolute Gasteiger partial charge is 0.254 e. The molecule has 0 spiro atoms. The summed E-state index contributed by atoms with van der Waals surface area (Å²) < 4.78 is 30.5. The van der Waals surface area contributed by atoms with Crippen molar-refractivity contribution in [3.63, 3.8) is 0 Å². The lowest BCUT2D eigenvalue weighted by atomic mass is 10.2. The van der Waals surface area contributed by atoms with Crippen LogP contribution in [0.4, 0.5) is 0 Å². The predicted molar refractivity (Wildman–Crippen MR) is 98.9 cm³/mol. The number of carbonyl (C=O) groups is 1. The molecule has 0 atom stereocenters. The molecule has 1 saturated heterocycles. The average molecular weight is 393 g/mol. The number of nitrogens with zero attached hydrogens (tertiary/aromatic N) is 3. The third-order valence-corrected chi connectivity index (χ3v) is 6.57. The minimum Gasteiger partial charge on any atom is -0.361 e. The Bertz CT molecular complexity index is 898. The van der Waals surface area contributed by atoms with E-state index in [1.165, 1.54) is 31.1 Å². The second kappa shape index (κ2) is 7.79. The first kappa shape index (κ1) is 19.5. The molecule has 0 bridgehead atoms. The first-order valence-corrected chi connectivity index (χ1v) is 10.3. The van der Waals surface area contributed by atoms with Crippen LogP contribution in [0.15, 0.2) is 39.8 Å². The number of piperazine rings is 1. The largest absolute Gasteiger partial charge is 0.361 e. The lowest BCUT2D eigenvalue weighted by Gasteiger charge is -2.31. The maximum atomic E-state index is 12.7. The van der Waals surface area contributed by atoms with Crippen LogP contribution >= 0.6 is 0 Å². The molecule has 27 heavy (non-hydrogen) atoms. The van der Waals surface area contributed by atoms with Gasteiger partial charge < -0.3 is 14.3 Å². The summed E-state index contributed by atoms with van der Waals surface area (Å²) >= 11 is 0. The first-order chi connectivity index (χ1) is 12.8. The zero-order valence-electron chi connectivity index (χ0n) is 15.8. The molecule has 2 heterocycles. The number of hydrogen-bond acceptors (Lipinski definition) is 5. The standard InChI is InChI=1S/C18H24N4O4S/c1-14-12-16(19-26-14)13-21-8-10-22(11-9-21)18(23)15-4-6-17(7-5-15)27(24,25)20(2)3/h4-7,12H,8-11,13H2,1-3H3/p+1. The van der Waals surface area contributed by atoms with Crippen molar-refractivity contribution in [1.29, 1.82) is 0 Å². The fourth-order valence-corrected chi connectivity index (χ4v) is 4.02. The molecule has 9 heteroatoms. The molecule has 1 aromatic carbocycles. The Kier molecular flexibility index (Phi) is 5.64. The van der Waals surface area contributed by atoms with E-state index in [1.807, 2.05) is 17.9 Å². The Morgan fingerprint density at radius 2 is 1.85 bits per heavy atom. The van der Waals surface area contributed by atoms with Crippen LogP contribution in [-0.4, -0.2) is 69.0 Å². The maximum Gasteiger partial charge on any atom is 0.254 e. The van der Waals surface area contributed by atoms with Crippen molar-refractivity contribution in [2.45, 2.75) is 18.4 Å². The SMILES string of the molecule is Cc1cc(C[NH+]2CCN(C(=O)c3ccc(S(=O)(=O)N(C)C)cc3)CC2)no1. The van der Waals surface area contributed by atoms with Crippen molar-refractivity contribution < 1.29 is 22.6 Å². The molecule has 1 aliphatic rings. The number of nitrogens with one attached hydrogen (secondary N) is 1. The molecule has 1 amide bonds. The zero-order chi connectivity index (χ0) is 19.6. The van der Waals surface area contributed by atoms with Gasteiger partial charge in [-0.2, -0.15) is 0 Å². The molecule has 0 aliphatic carbocycles. The van der Waals surface area contributed by atoms with E-state index in [0.717, 1.165) is 35.4 Å². The number of benzene rings is 1. The fourth-order valence-electron chi connectivity index (χ4n) is 3.12. The monoisotopic (exact) mass is 393 g/mol. The van der Waals surface area contributed by atoms with Gasteiger partial charge in [0.2, 0.25) is 10.0 Å². The minimum atomic E-state index is -3.49. The van der Waals surface area contributed by atoms with Gasteiger partial charge in [0.25, 0.3) is 5.91 Å². The second-order valence-electron chi connectivity index (χ2n) is 6.96. The predicted octanol–water partition coefficient (Wildman–Crippen LogP) is -0.226. The zero-order valence-corrected chi connectivity index (χ0v) is 16.6. The summed E-state index contributed by atoms with van der Waals surface area (Å²) in [4.78, 5) is 16.0. The third kappa shape index (κ3) is 4.37. The number of hydrogen-bond donors (Lipinski definition) is 1. The molecule has 0 saturated carbocycles. The Hall–Kier alpha value is -2.23. The minimum absolute atomic E-state index is 0.0693. The summed E-state index contributed by atoms with van der Waals surface area (Å²) in [6.07, 6.45) is 0. The van der Waals surface area contributed by atoms with Crippen LogP contribution in [0.3, 0.4) is 0 Å². The molecule has 0 radical (unpaired) electrons. The van der Waals surface area contributed by atoms with Crippen LogP contribution in [0, 0.1) is 6.92 Å². The van der Waals surface area contributed by atoms with E-state index >= 15 is 0 Å². The summed E-state index contributed by atoms with van der Waals surface area (Å²) in [6.45, 7) is 5.65. The van der Waals surface area contributed by atoms with Crippen molar-refractivity contribution in [3.05, 3.63) is 47.3 Å². The maximum absolute atomic E-state index is 12.7. The van der Waals surface area contributed by atoms with Crippen molar-refractivity contribution in [2.24, 2.45) is 0 Å². The van der Waals surface area contributed by atoms with Crippen molar-refractivity contribution >= 4 is 15.9 Å². The van der Waals surface area contributed by atoms with Gasteiger partial charge in [0, 0.05) is 25.7 Å². The summed E-state index contributed by atoms with van der Waals surface area (Å²) in [7, 11) is -0.523. The Morgan fingerprint density at radius 1 is 1.22 bits per heavy atom. The van der Waals surface area contributed by atoms with Gasteiger partial charge in [0.05, 0.1) is 31.1 Å². The first-order valence-electron chi connectivity index (χ1n) is 8.85. The molecule has 0 unspecified atom stereocenters. The quantitative estimate of drug-likeness (QED) is 0.759. The molecule has 2 aromatic rings. The number of quaternary nitrogens is 1. The van der Waals surface area contributed by atoms with Gasteiger partial charge in [-0.25, -0.2) is 12.7 Å². The van der Waals surface area contributed by atoms with Crippen molar-refractivity contribution in [2.75, 3.05) is 40.3 Å². The van der Waals surface area contributed by atoms with Crippen LogP contribution < -0.4 is 4.90 Å². The Labute approximate surface area is 159 Å².